The Morgan fingerprint density at radius 2 is 1.90 bits per heavy atom. The lowest BCUT2D eigenvalue weighted by molar-refractivity contribution is -0.155. The largest absolute Gasteiger partial charge is 0.405 e. The molecule has 1 aliphatic carbocycles. The Hall–Kier alpha value is 0.0400. The summed E-state index contributed by atoms with van der Waals surface area (Å²) in [6.45, 7) is 0. The van der Waals surface area contributed by atoms with Gasteiger partial charge in [-0.2, -0.15) is 13.2 Å². The van der Waals surface area contributed by atoms with Crippen molar-refractivity contribution >= 4 is 11.8 Å². The lowest BCUT2D eigenvalue weighted by atomic mass is 10.2. The van der Waals surface area contributed by atoms with E-state index in [2.05, 4.69) is 0 Å². The average molecular weight is 174 g/mol. The molecule has 1 atom stereocenters. The molecule has 60 valence electrons. The summed E-state index contributed by atoms with van der Waals surface area (Å²) < 4.78 is 35.6. The van der Waals surface area contributed by atoms with Crippen molar-refractivity contribution in [3.63, 3.8) is 0 Å². The zero-order chi connectivity index (χ0) is 7.78. The van der Waals surface area contributed by atoms with Crippen LogP contribution in [-0.4, -0.2) is 12.2 Å². The SMILES string of the molecule is FC(F)(F)C(NCl)C1CC1. The molecule has 0 bridgehead atoms. The maximum atomic E-state index is 11.9. The summed E-state index contributed by atoms with van der Waals surface area (Å²) in [5, 5.41) is 0. The van der Waals surface area contributed by atoms with Crippen molar-refractivity contribution < 1.29 is 13.2 Å². The Morgan fingerprint density at radius 1 is 1.40 bits per heavy atom. The van der Waals surface area contributed by atoms with Gasteiger partial charge in [0.2, 0.25) is 0 Å². The van der Waals surface area contributed by atoms with Crippen LogP contribution in [0, 0.1) is 5.92 Å². The normalized spacial score (nSPS) is 22.8. The van der Waals surface area contributed by atoms with E-state index in [0.29, 0.717) is 12.8 Å². The summed E-state index contributed by atoms with van der Waals surface area (Å²) in [6, 6.07) is -1.51. The van der Waals surface area contributed by atoms with Crippen LogP contribution >= 0.6 is 11.8 Å². The van der Waals surface area contributed by atoms with Crippen LogP contribution in [0.2, 0.25) is 0 Å². The van der Waals surface area contributed by atoms with E-state index in [0.717, 1.165) is 0 Å². The highest BCUT2D eigenvalue weighted by atomic mass is 35.5. The number of nitrogens with one attached hydrogen (secondary N) is 1. The fourth-order valence-corrected chi connectivity index (χ4v) is 1.15. The molecule has 0 radical (unpaired) electrons. The van der Waals surface area contributed by atoms with Gasteiger partial charge in [-0.05, 0) is 30.5 Å². The summed E-state index contributed by atoms with van der Waals surface area (Å²) in [6.07, 6.45) is -2.93. The third-order valence-electron chi connectivity index (χ3n) is 1.56. The molecule has 1 nitrogen and oxygen atoms in total. The first-order chi connectivity index (χ1) is 4.55. The fraction of sp³-hybridized carbons (Fsp3) is 1.00. The van der Waals surface area contributed by atoms with E-state index >= 15 is 0 Å². The minimum absolute atomic E-state index is 0.294. The van der Waals surface area contributed by atoms with Crippen molar-refractivity contribution in [3.05, 3.63) is 0 Å². The highest BCUT2D eigenvalue weighted by Crippen LogP contribution is 2.40. The smallest absolute Gasteiger partial charge is 0.221 e. The molecule has 0 heterocycles. The van der Waals surface area contributed by atoms with Crippen molar-refractivity contribution in [3.8, 4) is 0 Å². The van der Waals surface area contributed by atoms with Gasteiger partial charge in [0.05, 0.1) is 0 Å². The molecule has 5 heteroatoms. The molecule has 1 N–H and O–H groups in total. The minimum Gasteiger partial charge on any atom is -0.221 e. The zero-order valence-electron chi connectivity index (χ0n) is 5.08. The summed E-state index contributed by atoms with van der Waals surface area (Å²) in [5.74, 6) is -0.294. The van der Waals surface area contributed by atoms with Crippen LogP contribution in [0.15, 0.2) is 0 Å². The first-order valence-corrected chi connectivity index (χ1v) is 3.36. The molecule has 10 heavy (non-hydrogen) atoms. The van der Waals surface area contributed by atoms with Gasteiger partial charge >= 0.3 is 6.18 Å². The average Bonchev–Trinajstić information content (AvgIpc) is 2.46. The van der Waals surface area contributed by atoms with Gasteiger partial charge in [0.1, 0.15) is 6.04 Å². The predicted molar refractivity (Wildman–Crippen MR) is 31.6 cm³/mol. The first kappa shape index (κ1) is 8.14. The van der Waals surface area contributed by atoms with Gasteiger partial charge in [0, 0.05) is 0 Å². The third kappa shape index (κ3) is 1.76. The molecule has 0 saturated heterocycles. The molecule has 1 rings (SSSR count). The van der Waals surface area contributed by atoms with Crippen molar-refractivity contribution in [1.29, 1.82) is 0 Å². The van der Waals surface area contributed by atoms with Crippen LogP contribution in [0.3, 0.4) is 0 Å². The maximum Gasteiger partial charge on any atom is 0.405 e. The number of hydrogen-bond donors (Lipinski definition) is 1. The molecule has 1 unspecified atom stereocenters. The Morgan fingerprint density at radius 3 is 2.00 bits per heavy atom. The lowest BCUT2D eigenvalue weighted by Gasteiger charge is -2.16. The fourth-order valence-electron chi connectivity index (χ4n) is 0.848. The molecule has 0 aromatic rings. The molecule has 1 saturated carbocycles. The van der Waals surface area contributed by atoms with Gasteiger partial charge < -0.3 is 0 Å². The summed E-state index contributed by atoms with van der Waals surface area (Å²) in [5.41, 5.74) is 0. The van der Waals surface area contributed by atoms with E-state index in [1.807, 2.05) is 0 Å². The van der Waals surface area contributed by atoms with Crippen LogP contribution in [0.4, 0.5) is 13.2 Å². The van der Waals surface area contributed by atoms with Crippen LogP contribution < -0.4 is 4.84 Å². The van der Waals surface area contributed by atoms with E-state index in [-0.39, 0.29) is 5.92 Å². The molecular weight excluding hydrogens is 167 g/mol. The molecule has 1 aliphatic rings. The molecule has 0 spiro atoms. The van der Waals surface area contributed by atoms with Gasteiger partial charge in [0.25, 0.3) is 0 Å². The zero-order valence-corrected chi connectivity index (χ0v) is 5.84. The highest BCUT2D eigenvalue weighted by molar-refractivity contribution is 6.13. The van der Waals surface area contributed by atoms with E-state index in [1.165, 1.54) is 0 Å². The highest BCUT2D eigenvalue weighted by Gasteiger charge is 2.48. The number of alkyl halides is 3. The van der Waals surface area contributed by atoms with Crippen molar-refractivity contribution in [2.75, 3.05) is 0 Å². The Balaban J connectivity index is 2.46. The molecular formula is C5H7ClF3N. The van der Waals surface area contributed by atoms with E-state index in [9.17, 15) is 13.2 Å². The second-order valence-electron chi connectivity index (χ2n) is 2.47. The standard InChI is InChI=1S/C5H7ClF3N/c6-10-4(3-1-2-3)5(7,8)9/h3-4,10H,1-2H2. The molecule has 1 fully saturated rings. The monoisotopic (exact) mass is 173 g/mol. The molecule has 0 aromatic heterocycles. The topological polar surface area (TPSA) is 12.0 Å². The molecule has 0 aromatic carbocycles. The quantitative estimate of drug-likeness (QED) is 0.631. The second-order valence-corrected chi connectivity index (χ2v) is 2.68. The molecule has 0 amide bonds. The summed E-state index contributed by atoms with van der Waals surface area (Å²) in [7, 11) is 0. The van der Waals surface area contributed by atoms with Crippen molar-refractivity contribution in [2.24, 2.45) is 5.92 Å². The second kappa shape index (κ2) is 2.58. The van der Waals surface area contributed by atoms with Crippen LogP contribution in [0.1, 0.15) is 12.8 Å². The van der Waals surface area contributed by atoms with E-state index < -0.39 is 12.2 Å². The first-order valence-electron chi connectivity index (χ1n) is 2.98. The minimum atomic E-state index is -4.19. The van der Waals surface area contributed by atoms with Gasteiger partial charge in [0.15, 0.2) is 0 Å². The number of hydrogen-bond acceptors (Lipinski definition) is 1. The summed E-state index contributed by atoms with van der Waals surface area (Å²) >= 11 is 4.92. The number of rotatable bonds is 2. The Kier molecular flexibility index (Phi) is 2.10. The Bertz CT molecular complexity index is 121. The van der Waals surface area contributed by atoms with E-state index in [1.54, 1.807) is 4.84 Å². The third-order valence-corrected chi connectivity index (χ3v) is 1.80. The van der Waals surface area contributed by atoms with Gasteiger partial charge in [-0.1, -0.05) is 0 Å². The van der Waals surface area contributed by atoms with E-state index in [4.69, 9.17) is 11.8 Å². The van der Waals surface area contributed by atoms with Crippen LogP contribution in [0.25, 0.3) is 0 Å². The van der Waals surface area contributed by atoms with Crippen molar-refractivity contribution in [2.45, 2.75) is 25.1 Å². The van der Waals surface area contributed by atoms with Crippen molar-refractivity contribution in [1.82, 2.24) is 4.84 Å². The van der Waals surface area contributed by atoms with Gasteiger partial charge in [-0.3, -0.25) is 0 Å². The van der Waals surface area contributed by atoms with Gasteiger partial charge in [-0.25, -0.2) is 4.84 Å². The summed E-state index contributed by atoms with van der Waals surface area (Å²) in [4.78, 5) is 1.75. The van der Waals surface area contributed by atoms with Crippen LogP contribution in [-0.2, 0) is 0 Å². The number of halogens is 4. The van der Waals surface area contributed by atoms with Gasteiger partial charge in [-0.15, -0.1) is 0 Å². The Labute approximate surface area is 61.7 Å². The lowest BCUT2D eigenvalue weighted by Crippen LogP contribution is -2.39. The molecule has 0 aliphatic heterocycles. The maximum absolute atomic E-state index is 11.9. The van der Waals surface area contributed by atoms with Crippen LogP contribution in [0.5, 0.6) is 0 Å². The predicted octanol–water partition coefficient (Wildman–Crippen LogP) is 2.07.